The number of carbonyl (C=O) groups excluding carboxylic acids is 2. The second-order valence-corrected chi connectivity index (χ2v) is 12.7. The Morgan fingerprint density at radius 3 is 2.27 bits per heavy atom. The first-order valence-corrected chi connectivity index (χ1v) is 14.9. The van der Waals surface area contributed by atoms with Crippen LogP contribution in [-0.2, 0) is 10.0 Å². The molecule has 2 saturated heterocycles. The zero-order chi connectivity index (χ0) is 29.0. The molecule has 216 valence electrons. The number of amides is 3. The summed E-state index contributed by atoms with van der Waals surface area (Å²) >= 11 is 12.4. The highest BCUT2D eigenvalue weighted by Crippen LogP contribution is 2.42. The molecule has 3 aliphatic rings. The van der Waals surface area contributed by atoms with Gasteiger partial charge in [-0.2, -0.15) is 4.31 Å². The molecule has 2 atom stereocenters. The van der Waals surface area contributed by atoms with E-state index in [1.165, 1.54) is 27.4 Å². The lowest BCUT2D eigenvalue weighted by Crippen LogP contribution is -2.53. The smallest absolute Gasteiger partial charge is 0.395 e. The molecule has 5 rings (SSSR count). The molecule has 15 heteroatoms. The van der Waals surface area contributed by atoms with Gasteiger partial charge >= 0.3 is 12.3 Å². The lowest BCUT2D eigenvalue weighted by molar-refractivity contribution is -0.286. The Kier molecular flexibility index (Phi) is 7.53. The number of halogens is 4. The summed E-state index contributed by atoms with van der Waals surface area (Å²) < 4.78 is 61.0. The molecule has 0 aromatic heterocycles. The van der Waals surface area contributed by atoms with E-state index in [-0.39, 0.29) is 68.3 Å². The molecule has 3 heterocycles. The Bertz CT molecular complexity index is 1450. The van der Waals surface area contributed by atoms with Crippen LogP contribution in [0.25, 0.3) is 0 Å². The maximum atomic E-state index is 13.5. The van der Waals surface area contributed by atoms with Gasteiger partial charge in [0.15, 0.2) is 11.5 Å². The van der Waals surface area contributed by atoms with Crippen LogP contribution in [0.2, 0.25) is 10.0 Å². The average Bonchev–Trinajstić information content (AvgIpc) is 3.48. The minimum Gasteiger partial charge on any atom is -0.395 e. The number of urea groups is 1. The van der Waals surface area contributed by atoms with Gasteiger partial charge in [0, 0.05) is 57.8 Å². The average molecular weight is 619 g/mol. The van der Waals surface area contributed by atoms with Crippen molar-refractivity contribution in [1.82, 2.24) is 19.0 Å². The largest absolute Gasteiger partial charge is 0.586 e. The number of piperazine rings is 1. The van der Waals surface area contributed by atoms with E-state index in [0.29, 0.717) is 10.0 Å². The van der Waals surface area contributed by atoms with Crippen molar-refractivity contribution < 1.29 is 36.3 Å². The molecular weight excluding hydrogens is 593 g/mol. The van der Waals surface area contributed by atoms with Gasteiger partial charge in [-0.3, -0.25) is 4.79 Å². The molecule has 0 radical (unpaired) electrons. The molecule has 3 amide bonds. The summed E-state index contributed by atoms with van der Waals surface area (Å²) in [7, 11) is -1.78. The summed E-state index contributed by atoms with van der Waals surface area (Å²) in [6.45, 7) is 1.31. The summed E-state index contributed by atoms with van der Waals surface area (Å²) in [6.07, 6.45) is -2.68. The molecule has 3 aliphatic heterocycles. The Morgan fingerprint density at radius 1 is 0.950 bits per heavy atom. The molecule has 2 aromatic carbocycles. The van der Waals surface area contributed by atoms with Gasteiger partial charge in [0.2, 0.25) is 10.0 Å². The van der Waals surface area contributed by atoms with Crippen LogP contribution in [0.1, 0.15) is 21.8 Å². The maximum Gasteiger partial charge on any atom is 0.586 e. The third kappa shape index (κ3) is 5.65. The number of rotatable bonds is 4. The first-order chi connectivity index (χ1) is 18.7. The number of hydrogen-bond donors (Lipinski definition) is 0. The molecule has 10 nitrogen and oxygen atoms in total. The number of hydrogen-bond acceptors (Lipinski definition) is 6. The van der Waals surface area contributed by atoms with Gasteiger partial charge in [0.1, 0.15) is 0 Å². The van der Waals surface area contributed by atoms with E-state index in [2.05, 4.69) is 9.47 Å². The Hall–Kier alpha value is -2.87. The summed E-state index contributed by atoms with van der Waals surface area (Å²) in [4.78, 5) is 31.7. The highest BCUT2D eigenvalue weighted by atomic mass is 35.5. The van der Waals surface area contributed by atoms with Crippen LogP contribution < -0.4 is 9.47 Å². The number of carbonyl (C=O) groups is 2. The maximum absolute atomic E-state index is 13.5. The van der Waals surface area contributed by atoms with Crippen LogP contribution in [0.4, 0.5) is 13.6 Å². The normalized spacial score (nSPS) is 22.4. The SMILES string of the molecule is CN(C(=O)c1ccc2c(c1)OC(F)(F)O2)[C@H]1CN(C(=O)N2CCN(S(C)(=O)=O)CC2)C[C@H]1c1ccc(Cl)c(Cl)c1. The minimum atomic E-state index is -3.81. The fraction of sp³-hybridized carbons (Fsp3) is 0.440. The van der Waals surface area contributed by atoms with Crippen LogP contribution in [0.15, 0.2) is 36.4 Å². The Balaban J connectivity index is 1.38. The lowest BCUT2D eigenvalue weighted by atomic mass is 9.93. The number of sulfonamides is 1. The minimum absolute atomic E-state index is 0.108. The van der Waals surface area contributed by atoms with E-state index in [9.17, 15) is 26.8 Å². The second kappa shape index (κ2) is 10.5. The molecule has 2 fully saturated rings. The number of likely N-dealkylation sites (N-methyl/N-ethyl adjacent to an activating group) is 1. The van der Waals surface area contributed by atoms with E-state index in [0.717, 1.165) is 11.8 Å². The fourth-order valence-corrected chi connectivity index (χ4v) is 6.39. The zero-order valence-corrected chi connectivity index (χ0v) is 23.8. The van der Waals surface area contributed by atoms with Gasteiger partial charge in [-0.15, -0.1) is 8.78 Å². The Morgan fingerprint density at radius 2 is 1.62 bits per heavy atom. The molecule has 40 heavy (non-hydrogen) atoms. The van der Waals surface area contributed by atoms with Crippen LogP contribution in [0.5, 0.6) is 11.5 Å². The zero-order valence-electron chi connectivity index (χ0n) is 21.5. The molecule has 0 bridgehead atoms. The van der Waals surface area contributed by atoms with Crippen molar-refractivity contribution >= 4 is 45.2 Å². The summed E-state index contributed by atoms with van der Waals surface area (Å²) in [5.74, 6) is -1.23. The number of alkyl halides is 2. The van der Waals surface area contributed by atoms with Gasteiger partial charge < -0.3 is 24.2 Å². The van der Waals surface area contributed by atoms with Gasteiger partial charge in [-0.25, -0.2) is 13.2 Å². The van der Waals surface area contributed by atoms with Crippen molar-refractivity contribution in [2.45, 2.75) is 18.3 Å². The Labute approximate surface area is 240 Å². The molecule has 0 unspecified atom stereocenters. The standard InChI is InChI=1S/C25H26Cl2F2N4O6S/c1-30(23(34)16-4-6-21-22(12-16)39-25(28,29)38-21)20-14-32(13-17(20)15-3-5-18(26)19(27)11-15)24(35)31-7-9-33(10-8-31)40(2,36)37/h3-6,11-12,17,20H,7-10,13-14H2,1-2H3/t17-,20-/m0/s1. The molecule has 0 spiro atoms. The van der Waals surface area contributed by atoms with Crippen molar-refractivity contribution in [2.75, 3.05) is 52.6 Å². The van der Waals surface area contributed by atoms with Crippen LogP contribution in [0.3, 0.4) is 0 Å². The topological polar surface area (TPSA) is 99.7 Å². The number of likely N-dealkylation sites (tertiary alicyclic amines) is 1. The van der Waals surface area contributed by atoms with Crippen molar-refractivity contribution in [3.05, 3.63) is 57.6 Å². The molecule has 2 aromatic rings. The predicted molar refractivity (Wildman–Crippen MR) is 143 cm³/mol. The van der Waals surface area contributed by atoms with E-state index < -0.39 is 28.3 Å². The van der Waals surface area contributed by atoms with E-state index in [1.807, 2.05) is 0 Å². The van der Waals surface area contributed by atoms with Crippen molar-refractivity contribution in [2.24, 2.45) is 0 Å². The molecule has 0 N–H and O–H groups in total. The monoisotopic (exact) mass is 618 g/mol. The second-order valence-electron chi connectivity index (χ2n) is 9.93. The number of nitrogens with zero attached hydrogens (tertiary/aromatic N) is 4. The molecular formula is C25H26Cl2F2N4O6S. The van der Waals surface area contributed by atoms with Gasteiger partial charge in [0.05, 0.1) is 22.3 Å². The highest BCUT2D eigenvalue weighted by Gasteiger charge is 2.45. The number of ether oxygens (including phenoxy) is 2. The van der Waals surface area contributed by atoms with Crippen LogP contribution >= 0.6 is 23.2 Å². The van der Waals surface area contributed by atoms with Gasteiger partial charge in [-0.1, -0.05) is 29.3 Å². The van der Waals surface area contributed by atoms with Crippen LogP contribution in [0, 0.1) is 0 Å². The molecule has 0 saturated carbocycles. The van der Waals surface area contributed by atoms with E-state index >= 15 is 0 Å². The predicted octanol–water partition coefficient (Wildman–Crippen LogP) is 3.55. The first kappa shape index (κ1) is 28.7. The van der Waals surface area contributed by atoms with E-state index in [4.69, 9.17) is 23.2 Å². The summed E-state index contributed by atoms with van der Waals surface area (Å²) in [5.41, 5.74) is 0.874. The fourth-order valence-electron chi connectivity index (χ4n) is 5.25. The summed E-state index contributed by atoms with van der Waals surface area (Å²) in [5, 5.41) is 0.684. The van der Waals surface area contributed by atoms with Crippen molar-refractivity contribution in [1.29, 1.82) is 0 Å². The third-order valence-corrected chi connectivity index (χ3v) is 9.42. The molecule has 0 aliphatic carbocycles. The highest BCUT2D eigenvalue weighted by molar-refractivity contribution is 7.88. The quantitative estimate of drug-likeness (QED) is 0.520. The van der Waals surface area contributed by atoms with E-state index in [1.54, 1.807) is 35.0 Å². The van der Waals surface area contributed by atoms with Gasteiger partial charge in [0.25, 0.3) is 5.91 Å². The first-order valence-electron chi connectivity index (χ1n) is 12.3. The lowest BCUT2D eigenvalue weighted by Gasteiger charge is -2.35. The van der Waals surface area contributed by atoms with Crippen molar-refractivity contribution in [3.8, 4) is 11.5 Å². The third-order valence-electron chi connectivity index (χ3n) is 7.38. The summed E-state index contributed by atoms with van der Waals surface area (Å²) in [6, 6.07) is 8.16. The number of benzene rings is 2. The number of fused-ring (bicyclic) bond motifs is 1. The van der Waals surface area contributed by atoms with Gasteiger partial charge in [-0.05, 0) is 35.9 Å². The van der Waals surface area contributed by atoms with Crippen LogP contribution in [-0.4, -0.2) is 104 Å². The van der Waals surface area contributed by atoms with Crippen molar-refractivity contribution in [3.63, 3.8) is 0 Å².